The van der Waals surface area contributed by atoms with E-state index >= 15 is 0 Å². The largest absolute Gasteiger partial charge is 0.455 e. The van der Waals surface area contributed by atoms with Crippen LogP contribution >= 0.6 is 23.4 Å². The maximum Gasteiger partial charge on any atom is 0.384 e. The minimum Gasteiger partial charge on any atom is -0.455 e. The standard InChI is InChI=1S/C11H9ClO2S/c1-2-11(13)14-7-8-15-10-5-3-9(12)4-6-10/h1,3-6H,7-8H2. The molecule has 0 unspecified atom stereocenters. The van der Waals surface area contributed by atoms with Crippen LogP contribution in [0.5, 0.6) is 0 Å². The summed E-state index contributed by atoms with van der Waals surface area (Å²) in [4.78, 5) is 11.7. The number of benzene rings is 1. The summed E-state index contributed by atoms with van der Waals surface area (Å²) >= 11 is 7.31. The van der Waals surface area contributed by atoms with E-state index < -0.39 is 5.97 Å². The molecule has 0 aromatic heterocycles. The number of hydrogen-bond donors (Lipinski definition) is 0. The number of thioether (sulfide) groups is 1. The highest BCUT2D eigenvalue weighted by molar-refractivity contribution is 7.99. The molecule has 0 saturated carbocycles. The molecule has 2 nitrogen and oxygen atoms in total. The van der Waals surface area contributed by atoms with Crippen LogP contribution in [0.25, 0.3) is 0 Å². The van der Waals surface area contributed by atoms with Crippen molar-refractivity contribution in [2.45, 2.75) is 4.90 Å². The van der Waals surface area contributed by atoms with Crippen LogP contribution in [0.3, 0.4) is 0 Å². The monoisotopic (exact) mass is 240 g/mol. The molecule has 0 atom stereocenters. The molecule has 0 bridgehead atoms. The van der Waals surface area contributed by atoms with E-state index in [9.17, 15) is 4.79 Å². The third-order valence-electron chi connectivity index (χ3n) is 1.52. The fraction of sp³-hybridized carbons (Fsp3) is 0.182. The molecule has 0 saturated heterocycles. The van der Waals surface area contributed by atoms with Crippen LogP contribution in [0.15, 0.2) is 29.2 Å². The van der Waals surface area contributed by atoms with Crippen molar-refractivity contribution >= 4 is 29.3 Å². The zero-order chi connectivity index (χ0) is 11.1. The molecule has 0 heterocycles. The second-order valence-electron chi connectivity index (χ2n) is 2.58. The van der Waals surface area contributed by atoms with Crippen LogP contribution in [0.2, 0.25) is 5.02 Å². The summed E-state index contributed by atoms with van der Waals surface area (Å²) in [6.07, 6.45) is 4.84. The molecule has 0 spiro atoms. The molecule has 0 aliphatic rings. The van der Waals surface area contributed by atoms with Gasteiger partial charge in [-0.15, -0.1) is 18.2 Å². The summed E-state index contributed by atoms with van der Waals surface area (Å²) in [5, 5.41) is 0.707. The molecule has 1 aromatic carbocycles. The molecule has 1 rings (SSSR count). The van der Waals surface area contributed by atoms with Crippen molar-refractivity contribution in [3.63, 3.8) is 0 Å². The zero-order valence-electron chi connectivity index (χ0n) is 7.90. The highest BCUT2D eigenvalue weighted by Crippen LogP contribution is 2.19. The molecule has 0 radical (unpaired) electrons. The quantitative estimate of drug-likeness (QED) is 0.266. The average molecular weight is 241 g/mol. The Hall–Kier alpha value is -1.11. The average Bonchev–Trinajstić information content (AvgIpc) is 2.26. The number of carbonyl (C=O) groups is 1. The van der Waals surface area contributed by atoms with Gasteiger partial charge in [0.05, 0.1) is 0 Å². The lowest BCUT2D eigenvalue weighted by molar-refractivity contribution is -0.136. The Labute approximate surface area is 98.0 Å². The van der Waals surface area contributed by atoms with Crippen LogP contribution in [-0.4, -0.2) is 18.3 Å². The van der Waals surface area contributed by atoms with E-state index in [1.165, 1.54) is 0 Å². The Bertz CT molecular complexity index is 367. The third kappa shape index (κ3) is 4.78. The molecule has 1 aromatic rings. The molecule has 0 amide bonds. The highest BCUT2D eigenvalue weighted by Gasteiger charge is 1.97. The maximum absolute atomic E-state index is 10.6. The van der Waals surface area contributed by atoms with Crippen LogP contribution < -0.4 is 0 Å². The summed E-state index contributed by atoms with van der Waals surface area (Å²) in [6.45, 7) is 0.316. The second kappa shape index (κ2) is 6.39. The van der Waals surface area contributed by atoms with Gasteiger partial charge in [-0.05, 0) is 24.3 Å². The Balaban J connectivity index is 2.24. The number of halogens is 1. The number of esters is 1. The lowest BCUT2D eigenvalue weighted by atomic mass is 10.4. The van der Waals surface area contributed by atoms with Gasteiger partial charge in [0.25, 0.3) is 0 Å². The summed E-state index contributed by atoms with van der Waals surface area (Å²) in [7, 11) is 0. The summed E-state index contributed by atoms with van der Waals surface area (Å²) in [5.41, 5.74) is 0. The van der Waals surface area contributed by atoms with Gasteiger partial charge in [-0.1, -0.05) is 11.6 Å². The van der Waals surface area contributed by atoms with E-state index in [-0.39, 0.29) is 0 Å². The van der Waals surface area contributed by atoms with Gasteiger partial charge in [-0.3, -0.25) is 0 Å². The molecule has 0 fully saturated rings. The first kappa shape index (κ1) is 12.0. The van der Waals surface area contributed by atoms with Gasteiger partial charge < -0.3 is 4.74 Å². The highest BCUT2D eigenvalue weighted by atomic mass is 35.5. The van der Waals surface area contributed by atoms with E-state index in [4.69, 9.17) is 22.8 Å². The third-order valence-corrected chi connectivity index (χ3v) is 2.74. The first-order chi connectivity index (χ1) is 7.22. The van der Waals surface area contributed by atoms with E-state index in [1.54, 1.807) is 11.8 Å². The lowest BCUT2D eigenvalue weighted by Crippen LogP contribution is -2.03. The Morgan fingerprint density at radius 1 is 1.47 bits per heavy atom. The van der Waals surface area contributed by atoms with Crippen molar-refractivity contribution in [1.82, 2.24) is 0 Å². The maximum atomic E-state index is 10.6. The summed E-state index contributed by atoms with van der Waals surface area (Å²) in [6, 6.07) is 7.46. The Morgan fingerprint density at radius 3 is 2.73 bits per heavy atom. The van der Waals surface area contributed by atoms with Gasteiger partial charge in [-0.25, -0.2) is 4.79 Å². The summed E-state index contributed by atoms with van der Waals surface area (Å²) in [5.74, 6) is 1.94. The number of terminal acetylenes is 1. The number of hydrogen-bond acceptors (Lipinski definition) is 3. The van der Waals surface area contributed by atoms with Crippen LogP contribution in [0, 0.1) is 12.3 Å². The smallest absolute Gasteiger partial charge is 0.384 e. The van der Waals surface area contributed by atoms with Crippen LogP contribution in [-0.2, 0) is 9.53 Å². The fourth-order valence-corrected chi connectivity index (χ4v) is 1.72. The molecule has 0 aliphatic carbocycles. The zero-order valence-corrected chi connectivity index (χ0v) is 9.48. The predicted octanol–water partition coefficient (Wildman–Crippen LogP) is 2.61. The normalized spacial score (nSPS) is 9.33. The van der Waals surface area contributed by atoms with Gasteiger partial charge in [0.1, 0.15) is 6.61 Å². The first-order valence-electron chi connectivity index (χ1n) is 4.24. The van der Waals surface area contributed by atoms with Crippen molar-refractivity contribution in [2.75, 3.05) is 12.4 Å². The lowest BCUT2D eigenvalue weighted by Gasteiger charge is -2.01. The number of rotatable bonds is 4. The van der Waals surface area contributed by atoms with E-state index in [2.05, 4.69) is 0 Å². The Kier molecular flexibility index (Phi) is 5.09. The second-order valence-corrected chi connectivity index (χ2v) is 4.19. The van der Waals surface area contributed by atoms with E-state index in [0.29, 0.717) is 17.4 Å². The summed E-state index contributed by atoms with van der Waals surface area (Å²) < 4.78 is 4.71. The van der Waals surface area contributed by atoms with Gasteiger partial charge in [0.2, 0.25) is 0 Å². The minimum atomic E-state index is -0.619. The molecular formula is C11H9ClO2S. The van der Waals surface area contributed by atoms with Gasteiger partial charge in [0, 0.05) is 21.6 Å². The minimum absolute atomic E-state index is 0.316. The number of carbonyl (C=O) groups excluding carboxylic acids is 1. The van der Waals surface area contributed by atoms with E-state index in [1.807, 2.05) is 30.2 Å². The fourth-order valence-electron chi connectivity index (χ4n) is 0.866. The molecule has 0 aliphatic heterocycles. The van der Waals surface area contributed by atoms with Gasteiger partial charge >= 0.3 is 5.97 Å². The van der Waals surface area contributed by atoms with Crippen molar-refractivity contribution < 1.29 is 9.53 Å². The number of ether oxygens (including phenoxy) is 1. The van der Waals surface area contributed by atoms with Gasteiger partial charge in [-0.2, -0.15) is 0 Å². The first-order valence-corrected chi connectivity index (χ1v) is 5.60. The van der Waals surface area contributed by atoms with Crippen molar-refractivity contribution in [1.29, 1.82) is 0 Å². The predicted molar refractivity (Wildman–Crippen MR) is 62.0 cm³/mol. The Morgan fingerprint density at radius 2 is 2.13 bits per heavy atom. The van der Waals surface area contributed by atoms with Crippen molar-refractivity contribution in [3.8, 4) is 12.3 Å². The van der Waals surface area contributed by atoms with Crippen molar-refractivity contribution in [3.05, 3.63) is 29.3 Å². The van der Waals surface area contributed by atoms with Crippen molar-refractivity contribution in [2.24, 2.45) is 0 Å². The molecule has 15 heavy (non-hydrogen) atoms. The molecule has 78 valence electrons. The molecule has 4 heteroatoms. The van der Waals surface area contributed by atoms with Gasteiger partial charge in [0.15, 0.2) is 0 Å². The van der Waals surface area contributed by atoms with E-state index in [0.717, 1.165) is 4.90 Å². The SMILES string of the molecule is C#CC(=O)OCCSc1ccc(Cl)cc1. The molecular weight excluding hydrogens is 232 g/mol. The van der Waals surface area contributed by atoms with Crippen LogP contribution in [0.4, 0.5) is 0 Å². The molecule has 0 N–H and O–H groups in total. The van der Waals surface area contributed by atoms with Crippen LogP contribution in [0.1, 0.15) is 0 Å². The topological polar surface area (TPSA) is 26.3 Å².